The van der Waals surface area contributed by atoms with Crippen molar-refractivity contribution in [2.75, 3.05) is 27.2 Å². The summed E-state index contributed by atoms with van der Waals surface area (Å²) in [5.41, 5.74) is 1.23. The molecule has 0 aromatic heterocycles. The SMILES string of the molecule is CON(C)S(=O)(=O)c1cccc(C(=O)NCC(=O)NCCc2ccccc2)c1. The summed E-state index contributed by atoms with van der Waals surface area (Å²) in [4.78, 5) is 28.7. The maximum Gasteiger partial charge on any atom is 0.264 e. The zero-order valence-corrected chi connectivity index (χ0v) is 16.5. The molecule has 0 atom stereocenters. The second-order valence-corrected chi connectivity index (χ2v) is 7.83. The van der Waals surface area contributed by atoms with E-state index in [1.54, 1.807) is 0 Å². The predicted octanol–water partition coefficient (Wildman–Crippen LogP) is 0.957. The van der Waals surface area contributed by atoms with Gasteiger partial charge in [-0.1, -0.05) is 40.9 Å². The van der Waals surface area contributed by atoms with E-state index in [2.05, 4.69) is 10.6 Å². The fourth-order valence-electron chi connectivity index (χ4n) is 2.36. The van der Waals surface area contributed by atoms with Crippen LogP contribution in [0, 0.1) is 0 Å². The van der Waals surface area contributed by atoms with Gasteiger partial charge in [0.25, 0.3) is 15.9 Å². The molecule has 150 valence electrons. The van der Waals surface area contributed by atoms with E-state index in [0.29, 0.717) is 17.4 Å². The molecule has 0 aliphatic carbocycles. The van der Waals surface area contributed by atoms with E-state index >= 15 is 0 Å². The third-order valence-electron chi connectivity index (χ3n) is 3.98. The van der Waals surface area contributed by atoms with Gasteiger partial charge < -0.3 is 10.6 Å². The number of hydroxylamine groups is 1. The van der Waals surface area contributed by atoms with Crippen LogP contribution in [0.15, 0.2) is 59.5 Å². The maximum absolute atomic E-state index is 12.2. The highest BCUT2D eigenvalue weighted by atomic mass is 32.2. The van der Waals surface area contributed by atoms with Crippen molar-refractivity contribution in [1.82, 2.24) is 15.1 Å². The Balaban J connectivity index is 1.87. The molecule has 0 spiro atoms. The summed E-state index contributed by atoms with van der Waals surface area (Å²) in [6.07, 6.45) is 0.688. The van der Waals surface area contributed by atoms with E-state index in [1.165, 1.54) is 38.4 Å². The third-order valence-corrected chi connectivity index (χ3v) is 5.65. The fourth-order valence-corrected chi connectivity index (χ4v) is 3.38. The number of amides is 2. The number of hydrogen-bond acceptors (Lipinski definition) is 5. The number of carbonyl (C=O) groups excluding carboxylic acids is 2. The van der Waals surface area contributed by atoms with Gasteiger partial charge in [-0.15, -0.1) is 0 Å². The molecular weight excluding hydrogens is 382 g/mol. The van der Waals surface area contributed by atoms with Gasteiger partial charge in [0.05, 0.1) is 18.6 Å². The average Bonchev–Trinajstić information content (AvgIpc) is 2.72. The van der Waals surface area contributed by atoms with Gasteiger partial charge in [0, 0.05) is 19.2 Å². The van der Waals surface area contributed by atoms with E-state index in [1.807, 2.05) is 30.3 Å². The van der Waals surface area contributed by atoms with Crippen molar-refractivity contribution in [3.63, 3.8) is 0 Å². The van der Waals surface area contributed by atoms with Crippen molar-refractivity contribution in [3.8, 4) is 0 Å². The lowest BCUT2D eigenvalue weighted by Crippen LogP contribution is -2.37. The quantitative estimate of drug-likeness (QED) is 0.605. The molecule has 0 saturated carbocycles. The minimum atomic E-state index is -3.86. The van der Waals surface area contributed by atoms with Gasteiger partial charge in [-0.05, 0) is 30.2 Å². The summed E-state index contributed by atoms with van der Waals surface area (Å²) in [5.74, 6) is -0.873. The first-order chi connectivity index (χ1) is 13.3. The van der Waals surface area contributed by atoms with Crippen LogP contribution in [-0.2, 0) is 26.1 Å². The van der Waals surface area contributed by atoms with Crippen LogP contribution in [0.25, 0.3) is 0 Å². The first kappa shape index (κ1) is 21.5. The van der Waals surface area contributed by atoms with Gasteiger partial charge in [-0.25, -0.2) is 8.42 Å². The van der Waals surface area contributed by atoms with Gasteiger partial charge in [0.15, 0.2) is 0 Å². The Morgan fingerprint density at radius 2 is 1.75 bits per heavy atom. The molecule has 2 aromatic carbocycles. The van der Waals surface area contributed by atoms with Crippen LogP contribution >= 0.6 is 0 Å². The van der Waals surface area contributed by atoms with Crippen LogP contribution in [0.5, 0.6) is 0 Å². The molecule has 0 saturated heterocycles. The molecule has 0 aliphatic rings. The number of carbonyl (C=O) groups is 2. The van der Waals surface area contributed by atoms with E-state index < -0.39 is 15.9 Å². The standard InChI is InChI=1S/C19H23N3O5S/c1-22(27-2)28(25,26)17-10-6-9-16(13-17)19(24)21-14-18(23)20-12-11-15-7-4-3-5-8-15/h3-10,13H,11-12,14H2,1-2H3,(H,20,23)(H,21,24). The van der Waals surface area contributed by atoms with Crippen LogP contribution in [0.3, 0.4) is 0 Å². The molecule has 28 heavy (non-hydrogen) atoms. The maximum atomic E-state index is 12.2. The molecule has 2 aromatic rings. The van der Waals surface area contributed by atoms with Gasteiger partial charge in [0.1, 0.15) is 0 Å². The third kappa shape index (κ3) is 5.88. The fraction of sp³-hybridized carbons (Fsp3) is 0.263. The van der Waals surface area contributed by atoms with Gasteiger partial charge in [-0.3, -0.25) is 14.4 Å². The van der Waals surface area contributed by atoms with Crippen LogP contribution < -0.4 is 10.6 Å². The molecule has 0 aliphatic heterocycles. The summed E-state index contributed by atoms with van der Waals surface area (Å²) in [6, 6.07) is 15.2. The molecule has 0 bridgehead atoms. The molecular formula is C19H23N3O5S. The molecule has 8 nitrogen and oxygen atoms in total. The number of nitrogens with one attached hydrogen (secondary N) is 2. The summed E-state index contributed by atoms with van der Waals surface area (Å²) >= 11 is 0. The largest absolute Gasteiger partial charge is 0.354 e. The smallest absolute Gasteiger partial charge is 0.264 e. The van der Waals surface area contributed by atoms with Crippen molar-refractivity contribution >= 4 is 21.8 Å². The Labute approximate surface area is 164 Å². The Bertz CT molecular complexity index is 916. The molecule has 0 radical (unpaired) electrons. The topological polar surface area (TPSA) is 105 Å². The first-order valence-corrected chi connectivity index (χ1v) is 10.0. The highest BCUT2D eigenvalue weighted by Crippen LogP contribution is 2.15. The highest BCUT2D eigenvalue weighted by molar-refractivity contribution is 7.89. The normalized spacial score (nSPS) is 11.2. The zero-order chi connectivity index (χ0) is 20.6. The molecule has 2 amide bonds. The minimum absolute atomic E-state index is 0.0863. The number of rotatable bonds is 9. The molecule has 9 heteroatoms. The van der Waals surface area contributed by atoms with Crippen molar-refractivity contribution in [2.24, 2.45) is 0 Å². The number of benzene rings is 2. The number of sulfonamides is 1. The Morgan fingerprint density at radius 3 is 2.43 bits per heavy atom. The van der Waals surface area contributed by atoms with Crippen molar-refractivity contribution in [3.05, 3.63) is 65.7 Å². The number of nitrogens with zero attached hydrogens (tertiary/aromatic N) is 1. The summed E-state index contributed by atoms with van der Waals surface area (Å²) < 4.78 is 25.2. The van der Waals surface area contributed by atoms with Crippen molar-refractivity contribution in [1.29, 1.82) is 0 Å². The average molecular weight is 405 g/mol. The number of hydrogen-bond donors (Lipinski definition) is 2. The predicted molar refractivity (Wildman–Crippen MR) is 104 cm³/mol. The van der Waals surface area contributed by atoms with E-state index in [9.17, 15) is 18.0 Å². The second kappa shape index (κ2) is 9.98. The lowest BCUT2D eigenvalue weighted by Gasteiger charge is -2.14. The van der Waals surface area contributed by atoms with Crippen LogP contribution in [0.4, 0.5) is 0 Å². The first-order valence-electron chi connectivity index (χ1n) is 8.56. The van der Waals surface area contributed by atoms with E-state index in [4.69, 9.17) is 4.84 Å². The Morgan fingerprint density at radius 1 is 1.04 bits per heavy atom. The van der Waals surface area contributed by atoms with Gasteiger partial charge in [-0.2, -0.15) is 0 Å². The second-order valence-electron chi connectivity index (χ2n) is 5.89. The van der Waals surface area contributed by atoms with Crippen LogP contribution in [0.2, 0.25) is 0 Å². The van der Waals surface area contributed by atoms with Gasteiger partial charge >= 0.3 is 0 Å². The van der Waals surface area contributed by atoms with Crippen molar-refractivity contribution in [2.45, 2.75) is 11.3 Å². The molecule has 2 N–H and O–H groups in total. The Kier molecular flexibility index (Phi) is 7.68. The van der Waals surface area contributed by atoms with E-state index in [0.717, 1.165) is 5.56 Å². The van der Waals surface area contributed by atoms with Crippen LogP contribution in [-0.4, -0.2) is 51.9 Å². The van der Waals surface area contributed by atoms with E-state index in [-0.39, 0.29) is 22.9 Å². The molecule has 0 heterocycles. The molecule has 2 rings (SSSR count). The monoisotopic (exact) mass is 405 g/mol. The lowest BCUT2D eigenvalue weighted by molar-refractivity contribution is -0.120. The molecule has 0 fully saturated rings. The minimum Gasteiger partial charge on any atom is -0.354 e. The summed E-state index contributed by atoms with van der Waals surface area (Å²) in [7, 11) is -1.38. The van der Waals surface area contributed by atoms with Crippen molar-refractivity contribution < 1.29 is 22.8 Å². The summed E-state index contributed by atoms with van der Waals surface area (Å²) in [6.45, 7) is 0.248. The summed E-state index contributed by atoms with van der Waals surface area (Å²) in [5, 5.41) is 5.20. The highest BCUT2D eigenvalue weighted by Gasteiger charge is 2.22. The van der Waals surface area contributed by atoms with Gasteiger partial charge in [0.2, 0.25) is 5.91 Å². The zero-order valence-electron chi connectivity index (χ0n) is 15.7. The Hall–Kier alpha value is -2.75. The molecule has 0 unspecified atom stereocenters. The lowest BCUT2D eigenvalue weighted by atomic mass is 10.1. The van der Waals surface area contributed by atoms with Crippen LogP contribution in [0.1, 0.15) is 15.9 Å².